The lowest BCUT2D eigenvalue weighted by molar-refractivity contribution is 0.103. The number of hydrogen-bond donors (Lipinski definition) is 0. The molecule has 1 aliphatic carbocycles. The Hall–Kier alpha value is -1.05. The molecule has 1 aromatic rings. The first-order valence-electron chi connectivity index (χ1n) is 4.99. The van der Waals surface area contributed by atoms with Gasteiger partial charge in [-0.05, 0) is 30.7 Å². The zero-order chi connectivity index (χ0) is 11.5. The Labute approximate surface area is 104 Å². The van der Waals surface area contributed by atoms with E-state index >= 15 is 0 Å². The van der Waals surface area contributed by atoms with Crippen LogP contribution in [0.25, 0.3) is 0 Å². The van der Waals surface area contributed by atoms with Gasteiger partial charge in [0.25, 0.3) is 0 Å². The molecule has 2 rings (SSSR count). The van der Waals surface area contributed by atoms with Crippen molar-refractivity contribution in [2.24, 2.45) is 0 Å². The van der Waals surface area contributed by atoms with Gasteiger partial charge in [-0.15, -0.1) is 11.6 Å². The van der Waals surface area contributed by atoms with Crippen LogP contribution in [-0.4, -0.2) is 11.2 Å². The standard InChI is InChI=1S/C13H10Cl2O/c14-11-5-1-9(2-6-11)13(16)10-3-7-12(15)8-4-10/h1-7,12H,8H2. The van der Waals surface area contributed by atoms with E-state index in [9.17, 15) is 4.79 Å². The summed E-state index contributed by atoms with van der Waals surface area (Å²) in [6, 6.07) is 6.89. The molecule has 16 heavy (non-hydrogen) atoms. The van der Waals surface area contributed by atoms with Crippen LogP contribution in [0, 0.1) is 0 Å². The predicted octanol–water partition coefficient (Wildman–Crippen LogP) is 4.02. The maximum atomic E-state index is 12.0. The minimum absolute atomic E-state index is 0.00164. The summed E-state index contributed by atoms with van der Waals surface area (Å²) in [5, 5.41) is 0.632. The summed E-state index contributed by atoms with van der Waals surface area (Å²) in [6.45, 7) is 0. The van der Waals surface area contributed by atoms with Crippen LogP contribution in [0.5, 0.6) is 0 Å². The summed E-state index contributed by atoms with van der Waals surface area (Å²) < 4.78 is 0. The van der Waals surface area contributed by atoms with Gasteiger partial charge in [0.15, 0.2) is 5.78 Å². The highest BCUT2D eigenvalue weighted by Gasteiger charge is 2.13. The van der Waals surface area contributed by atoms with E-state index in [0.29, 0.717) is 22.6 Å². The van der Waals surface area contributed by atoms with Gasteiger partial charge in [-0.2, -0.15) is 0 Å². The minimum atomic E-state index is 0.00164. The van der Waals surface area contributed by atoms with Crippen LogP contribution < -0.4 is 0 Å². The second-order valence-electron chi connectivity index (χ2n) is 3.61. The number of alkyl halides is 1. The van der Waals surface area contributed by atoms with Gasteiger partial charge in [0.2, 0.25) is 0 Å². The van der Waals surface area contributed by atoms with Crippen molar-refractivity contribution in [3.05, 3.63) is 58.7 Å². The molecule has 1 unspecified atom stereocenters. The summed E-state index contributed by atoms with van der Waals surface area (Å²) in [5.41, 5.74) is 1.34. The predicted molar refractivity (Wildman–Crippen MR) is 67.3 cm³/mol. The Bertz CT molecular complexity index is 457. The molecule has 3 heteroatoms. The Morgan fingerprint density at radius 2 is 1.94 bits per heavy atom. The number of carbonyl (C=O) groups is 1. The Balaban J connectivity index is 2.20. The van der Waals surface area contributed by atoms with Crippen LogP contribution in [0.4, 0.5) is 0 Å². The third-order valence-corrected chi connectivity index (χ3v) is 2.99. The zero-order valence-corrected chi connectivity index (χ0v) is 10.0. The second-order valence-corrected chi connectivity index (χ2v) is 4.60. The molecule has 0 aromatic heterocycles. The molecule has 0 saturated heterocycles. The van der Waals surface area contributed by atoms with Crippen LogP contribution in [-0.2, 0) is 0 Å². The molecule has 0 heterocycles. The Morgan fingerprint density at radius 1 is 1.25 bits per heavy atom. The highest BCUT2D eigenvalue weighted by atomic mass is 35.5. The first-order valence-corrected chi connectivity index (χ1v) is 5.81. The molecular formula is C13H10Cl2O. The van der Waals surface area contributed by atoms with E-state index in [0.717, 1.165) is 0 Å². The van der Waals surface area contributed by atoms with E-state index in [4.69, 9.17) is 23.2 Å². The second kappa shape index (κ2) is 4.86. The molecule has 0 amide bonds. The fourth-order valence-corrected chi connectivity index (χ4v) is 1.82. The maximum absolute atomic E-state index is 12.0. The number of rotatable bonds is 2. The van der Waals surface area contributed by atoms with E-state index < -0.39 is 0 Å². The summed E-state index contributed by atoms with van der Waals surface area (Å²) in [4.78, 5) is 12.0. The third-order valence-electron chi connectivity index (χ3n) is 2.42. The van der Waals surface area contributed by atoms with Crippen LogP contribution in [0.3, 0.4) is 0 Å². The first-order chi connectivity index (χ1) is 7.66. The molecule has 0 fully saturated rings. The van der Waals surface area contributed by atoms with Crippen molar-refractivity contribution in [3.63, 3.8) is 0 Å². The number of benzene rings is 1. The molecular weight excluding hydrogens is 243 g/mol. The van der Waals surface area contributed by atoms with Crippen LogP contribution in [0.2, 0.25) is 5.02 Å². The molecule has 1 aliphatic rings. The van der Waals surface area contributed by atoms with Crippen molar-refractivity contribution in [1.82, 2.24) is 0 Å². The lowest BCUT2D eigenvalue weighted by Gasteiger charge is -2.09. The average Bonchev–Trinajstić information content (AvgIpc) is 2.30. The molecule has 82 valence electrons. The number of ketones is 1. The van der Waals surface area contributed by atoms with E-state index in [-0.39, 0.29) is 11.2 Å². The largest absolute Gasteiger partial charge is 0.289 e. The maximum Gasteiger partial charge on any atom is 0.192 e. The fourth-order valence-electron chi connectivity index (χ4n) is 1.53. The van der Waals surface area contributed by atoms with Crippen molar-refractivity contribution < 1.29 is 4.79 Å². The quantitative estimate of drug-likeness (QED) is 0.574. The number of Topliss-reactive ketones (excluding diaryl/α,β-unsaturated/α-hetero) is 1. The van der Waals surface area contributed by atoms with Crippen LogP contribution in [0.15, 0.2) is 48.1 Å². The summed E-state index contributed by atoms with van der Waals surface area (Å²) >= 11 is 11.7. The normalized spacial score (nSPS) is 19.4. The van der Waals surface area contributed by atoms with Crippen molar-refractivity contribution in [2.75, 3.05) is 0 Å². The molecule has 0 N–H and O–H groups in total. The van der Waals surface area contributed by atoms with Gasteiger partial charge < -0.3 is 0 Å². The lowest BCUT2D eigenvalue weighted by Crippen LogP contribution is -2.06. The Kier molecular flexibility index (Phi) is 3.47. The molecule has 1 nitrogen and oxygen atoms in total. The van der Waals surface area contributed by atoms with Crippen molar-refractivity contribution >= 4 is 29.0 Å². The zero-order valence-electron chi connectivity index (χ0n) is 8.49. The van der Waals surface area contributed by atoms with E-state index in [1.165, 1.54) is 0 Å². The van der Waals surface area contributed by atoms with E-state index in [2.05, 4.69) is 0 Å². The third kappa shape index (κ3) is 2.55. The monoisotopic (exact) mass is 252 g/mol. The lowest BCUT2D eigenvalue weighted by atomic mass is 9.98. The highest BCUT2D eigenvalue weighted by Crippen LogP contribution is 2.19. The van der Waals surface area contributed by atoms with Gasteiger partial charge in [0.1, 0.15) is 0 Å². The fraction of sp³-hybridized carbons (Fsp3) is 0.154. The topological polar surface area (TPSA) is 17.1 Å². The van der Waals surface area contributed by atoms with E-state index in [1.54, 1.807) is 30.3 Å². The molecule has 1 atom stereocenters. The molecule has 0 spiro atoms. The smallest absolute Gasteiger partial charge is 0.192 e. The van der Waals surface area contributed by atoms with Crippen molar-refractivity contribution in [2.45, 2.75) is 11.8 Å². The van der Waals surface area contributed by atoms with Crippen molar-refractivity contribution in [1.29, 1.82) is 0 Å². The van der Waals surface area contributed by atoms with E-state index in [1.807, 2.05) is 12.2 Å². The van der Waals surface area contributed by atoms with Crippen molar-refractivity contribution in [3.8, 4) is 0 Å². The first kappa shape index (κ1) is 11.4. The number of halogens is 2. The molecule has 0 radical (unpaired) electrons. The summed E-state index contributed by atoms with van der Waals surface area (Å²) in [6.07, 6.45) is 6.18. The van der Waals surface area contributed by atoms with Gasteiger partial charge in [-0.3, -0.25) is 4.79 Å². The minimum Gasteiger partial charge on any atom is -0.289 e. The SMILES string of the molecule is O=C(C1=CCC(Cl)C=C1)c1ccc(Cl)cc1. The molecule has 0 aliphatic heterocycles. The van der Waals surface area contributed by atoms with Crippen LogP contribution in [0.1, 0.15) is 16.8 Å². The molecule has 0 saturated carbocycles. The average molecular weight is 253 g/mol. The number of hydrogen-bond acceptors (Lipinski definition) is 1. The number of allylic oxidation sites excluding steroid dienone is 4. The van der Waals surface area contributed by atoms with Gasteiger partial charge >= 0.3 is 0 Å². The van der Waals surface area contributed by atoms with Gasteiger partial charge in [-0.1, -0.05) is 29.8 Å². The van der Waals surface area contributed by atoms with Gasteiger partial charge in [0, 0.05) is 16.2 Å². The molecule has 0 bridgehead atoms. The Morgan fingerprint density at radius 3 is 2.50 bits per heavy atom. The highest BCUT2D eigenvalue weighted by molar-refractivity contribution is 6.30. The summed E-state index contributed by atoms with van der Waals surface area (Å²) in [7, 11) is 0. The summed E-state index contributed by atoms with van der Waals surface area (Å²) in [5.74, 6) is 0.0106. The van der Waals surface area contributed by atoms with Crippen LogP contribution >= 0.6 is 23.2 Å². The number of carbonyl (C=O) groups excluding carboxylic acids is 1. The van der Waals surface area contributed by atoms with Gasteiger partial charge in [0.05, 0.1) is 5.38 Å². The molecule has 1 aromatic carbocycles. The van der Waals surface area contributed by atoms with Gasteiger partial charge in [-0.25, -0.2) is 0 Å².